The van der Waals surface area contributed by atoms with E-state index >= 15 is 0 Å². The van der Waals surface area contributed by atoms with Crippen molar-refractivity contribution in [2.24, 2.45) is 0 Å². The fourth-order valence-electron chi connectivity index (χ4n) is 3.45. The summed E-state index contributed by atoms with van der Waals surface area (Å²) in [5.74, 6) is -0.750. The van der Waals surface area contributed by atoms with Gasteiger partial charge in [0.1, 0.15) is 17.7 Å². The largest absolute Gasteiger partial charge is 0.444 e. The number of nitrogens with zero attached hydrogens (tertiary/aromatic N) is 1. The van der Waals surface area contributed by atoms with Crippen molar-refractivity contribution >= 4 is 36.6 Å². The number of rotatable bonds is 12. The molecule has 0 aromatic heterocycles. The molecule has 8 heteroatoms. The van der Waals surface area contributed by atoms with Gasteiger partial charge in [0.2, 0.25) is 11.8 Å². The van der Waals surface area contributed by atoms with Crippen molar-refractivity contribution in [3.63, 3.8) is 0 Å². The molecule has 1 rings (SSSR count). The zero-order valence-corrected chi connectivity index (χ0v) is 21.9. The van der Waals surface area contributed by atoms with Gasteiger partial charge >= 0.3 is 6.09 Å². The van der Waals surface area contributed by atoms with Crippen LogP contribution >= 0.6 is 12.6 Å². The van der Waals surface area contributed by atoms with Gasteiger partial charge in [0, 0.05) is 18.3 Å². The van der Waals surface area contributed by atoms with Crippen molar-refractivity contribution in [2.75, 3.05) is 12.3 Å². The summed E-state index contributed by atoms with van der Waals surface area (Å²) in [5.41, 5.74) is 0.724. The molecule has 0 aliphatic heterocycles. The minimum atomic E-state index is -0.996. The second-order valence-corrected chi connectivity index (χ2v) is 9.50. The number of nitrogens with one attached hydrogen (secondary N) is 2. The van der Waals surface area contributed by atoms with Crippen LogP contribution in [-0.4, -0.2) is 52.8 Å². The summed E-state index contributed by atoms with van der Waals surface area (Å²) in [6.07, 6.45) is 4.21. The van der Waals surface area contributed by atoms with E-state index in [1.54, 1.807) is 39.0 Å². The maximum absolute atomic E-state index is 13.6. The standard InChI is InChI=1S/C26H39N3O4S/c1-8-12-18(4)27-23(30)22(20-14-11-13-19(10-3)16-20)29(15-9-2)24(31)21(17-34)28-25(32)33-26(5,6)7/h9-11,13-14,16,18,21-22,34H,2-3,8,12,15,17H2,1,4-7H3,(H,27,30)(H,28,32). The first kappa shape index (κ1) is 29.3. The Morgan fingerprint density at radius 1 is 1.21 bits per heavy atom. The lowest BCUT2D eigenvalue weighted by atomic mass is 10.00. The van der Waals surface area contributed by atoms with Gasteiger partial charge in [0.05, 0.1) is 0 Å². The molecule has 0 spiro atoms. The molecule has 0 saturated heterocycles. The van der Waals surface area contributed by atoms with E-state index in [9.17, 15) is 14.4 Å². The Morgan fingerprint density at radius 3 is 2.41 bits per heavy atom. The van der Waals surface area contributed by atoms with Crippen LogP contribution in [0.15, 0.2) is 43.5 Å². The molecule has 0 bridgehead atoms. The smallest absolute Gasteiger partial charge is 0.408 e. The SMILES string of the molecule is C=CCN(C(=O)C(CS)NC(=O)OC(C)(C)C)C(C(=O)NC(C)CCC)c1cccc(C=C)c1. The molecular formula is C26H39N3O4S. The van der Waals surface area contributed by atoms with E-state index < -0.39 is 29.7 Å². The van der Waals surface area contributed by atoms with Crippen LogP contribution in [0.1, 0.15) is 64.6 Å². The molecule has 34 heavy (non-hydrogen) atoms. The molecule has 0 aliphatic carbocycles. The highest BCUT2D eigenvalue weighted by molar-refractivity contribution is 7.80. The summed E-state index contributed by atoms with van der Waals surface area (Å²) < 4.78 is 5.30. The predicted octanol–water partition coefficient (Wildman–Crippen LogP) is 4.51. The van der Waals surface area contributed by atoms with Crippen molar-refractivity contribution < 1.29 is 19.1 Å². The van der Waals surface area contributed by atoms with Gasteiger partial charge in [-0.2, -0.15) is 12.6 Å². The number of benzene rings is 1. The average molecular weight is 490 g/mol. The van der Waals surface area contributed by atoms with Crippen molar-refractivity contribution in [3.8, 4) is 0 Å². The Bertz CT molecular complexity index is 866. The maximum atomic E-state index is 13.6. The number of alkyl carbamates (subject to hydrolysis) is 1. The van der Waals surface area contributed by atoms with Crippen LogP contribution in [0, 0.1) is 0 Å². The van der Waals surface area contributed by atoms with Crippen LogP contribution in [0.5, 0.6) is 0 Å². The molecule has 0 saturated carbocycles. The molecule has 2 N–H and O–H groups in total. The predicted molar refractivity (Wildman–Crippen MR) is 141 cm³/mol. The molecule has 3 amide bonds. The van der Waals surface area contributed by atoms with E-state index in [0.29, 0.717) is 5.56 Å². The van der Waals surface area contributed by atoms with Crippen LogP contribution in [0.4, 0.5) is 4.79 Å². The minimum Gasteiger partial charge on any atom is -0.444 e. The van der Waals surface area contributed by atoms with Gasteiger partial charge < -0.3 is 20.3 Å². The lowest BCUT2D eigenvalue weighted by Gasteiger charge is -2.34. The fraction of sp³-hybridized carbons (Fsp3) is 0.500. The third-order valence-corrected chi connectivity index (χ3v) is 5.28. The second-order valence-electron chi connectivity index (χ2n) is 9.14. The molecule has 3 atom stereocenters. The van der Waals surface area contributed by atoms with Gasteiger partial charge in [-0.1, -0.05) is 50.3 Å². The summed E-state index contributed by atoms with van der Waals surface area (Å²) in [4.78, 5) is 40.8. The molecule has 7 nitrogen and oxygen atoms in total. The molecular weight excluding hydrogens is 450 g/mol. The van der Waals surface area contributed by atoms with E-state index in [-0.39, 0.29) is 24.2 Å². The molecule has 188 valence electrons. The van der Waals surface area contributed by atoms with Crippen LogP contribution < -0.4 is 10.6 Å². The number of amides is 3. The first-order chi connectivity index (χ1) is 16.0. The lowest BCUT2D eigenvalue weighted by Crippen LogP contribution is -2.54. The zero-order valence-electron chi connectivity index (χ0n) is 21.0. The molecule has 1 aromatic carbocycles. The van der Waals surface area contributed by atoms with Crippen LogP contribution in [0.25, 0.3) is 6.08 Å². The van der Waals surface area contributed by atoms with E-state index in [0.717, 1.165) is 18.4 Å². The van der Waals surface area contributed by atoms with Crippen LogP contribution in [-0.2, 0) is 14.3 Å². The highest BCUT2D eigenvalue weighted by atomic mass is 32.1. The van der Waals surface area contributed by atoms with Gasteiger partial charge in [-0.3, -0.25) is 9.59 Å². The van der Waals surface area contributed by atoms with Crippen molar-refractivity contribution in [1.29, 1.82) is 0 Å². The normalized spacial score (nSPS) is 13.7. The third kappa shape index (κ3) is 9.25. The topological polar surface area (TPSA) is 87.7 Å². The molecule has 3 unspecified atom stereocenters. The van der Waals surface area contributed by atoms with E-state index in [1.165, 1.54) is 4.90 Å². The van der Waals surface area contributed by atoms with Gasteiger partial charge in [-0.15, -0.1) is 6.58 Å². The van der Waals surface area contributed by atoms with Gasteiger partial charge in [0.15, 0.2) is 0 Å². The number of hydrogen-bond acceptors (Lipinski definition) is 5. The van der Waals surface area contributed by atoms with Gasteiger partial charge in [-0.25, -0.2) is 4.79 Å². The number of carbonyl (C=O) groups is 3. The summed E-state index contributed by atoms with van der Waals surface area (Å²) >= 11 is 4.27. The Labute approximate surface area is 209 Å². The van der Waals surface area contributed by atoms with E-state index in [2.05, 4.69) is 36.4 Å². The summed E-state index contributed by atoms with van der Waals surface area (Å²) in [6.45, 7) is 16.8. The summed E-state index contributed by atoms with van der Waals surface area (Å²) in [7, 11) is 0. The molecule has 1 aromatic rings. The fourth-order valence-corrected chi connectivity index (χ4v) is 3.70. The van der Waals surface area contributed by atoms with Crippen molar-refractivity contribution in [1.82, 2.24) is 15.5 Å². The quantitative estimate of drug-likeness (QED) is 0.298. The number of ether oxygens (including phenoxy) is 1. The third-order valence-electron chi connectivity index (χ3n) is 4.91. The van der Waals surface area contributed by atoms with Gasteiger partial charge in [-0.05, 0) is 51.3 Å². The summed E-state index contributed by atoms with van der Waals surface area (Å²) in [6, 6.07) is 5.30. The van der Waals surface area contributed by atoms with E-state index in [4.69, 9.17) is 4.74 Å². The van der Waals surface area contributed by atoms with Crippen LogP contribution in [0.2, 0.25) is 0 Å². The minimum absolute atomic E-state index is 0.0268. The van der Waals surface area contributed by atoms with Crippen LogP contribution in [0.3, 0.4) is 0 Å². The summed E-state index contributed by atoms with van der Waals surface area (Å²) in [5, 5.41) is 5.60. The Hall–Kier alpha value is -2.74. The monoisotopic (exact) mass is 489 g/mol. The molecule has 0 fully saturated rings. The first-order valence-electron chi connectivity index (χ1n) is 11.5. The maximum Gasteiger partial charge on any atom is 0.408 e. The molecule has 0 heterocycles. The number of carbonyl (C=O) groups excluding carboxylic acids is 3. The number of hydrogen-bond donors (Lipinski definition) is 3. The Kier molecular flexibility index (Phi) is 11.9. The van der Waals surface area contributed by atoms with Gasteiger partial charge in [0.25, 0.3) is 0 Å². The number of thiol groups is 1. The zero-order chi connectivity index (χ0) is 25.9. The first-order valence-corrected chi connectivity index (χ1v) is 12.1. The second kappa shape index (κ2) is 13.8. The Balaban J connectivity index is 3.39. The van der Waals surface area contributed by atoms with Crippen molar-refractivity contribution in [2.45, 2.75) is 71.2 Å². The highest BCUT2D eigenvalue weighted by Gasteiger charge is 2.35. The van der Waals surface area contributed by atoms with E-state index in [1.807, 2.05) is 32.0 Å². The highest BCUT2D eigenvalue weighted by Crippen LogP contribution is 2.24. The molecule has 0 aliphatic rings. The molecule has 0 radical (unpaired) electrons. The lowest BCUT2D eigenvalue weighted by molar-refractivity contribution is -0.141. The Morgan fingerprint density at radius 2 is 1.88 bits per heavy atom. The average Bonchev–Trinajstić information content (AvgIpc) is 2.75. The van der Waals surface area contributed by atoms with Crippen molar-refractivity contribution in [3.05, 3.63) is 54.6 Å².